The van der Waals surface area contributed by atoms with Gasteiger partial charge in [-0.25, -0.2) is 4.98 Å². The van der Waals surface area contributed by atoms with E-state index in [-0.39, 0.29) is 11.6 Å². The number of aromatic hydroxyl groups is 2. The van der Waals surface area contributed by atoms with Gasteiger partial charge in [-0.05, 0) is 12.1 Å². The predicted octanol–water partition coefficient (Wildman–Crippen LogP) is 0.253. The molecule has 0 aromatic carbocycles. The van der Waals surface area contributed by atoms with E-state index in [9.17, 15) is 0 Å². The Morgan fingerprint density at radius 2 is 1.91 bits per heavy atom. The molecule has 1 aromatic heterocycles. The Morgan fingerprint density at radius 1 is 1.36 bits per heavy atom. The molecule has 1 heterocycles. The van der Waals surface area contributed by atoms with Gasteiger partial charge in [0.1, 0.15) is 0 Å². The van der Waals surface area contributed by atoms with Crippen LogP contribution in [0.4, 0.5) is 0 Å². The third-order valence-electron chi connectivity index (χ3n) is 0.766. The van der Waals surface area contributed by atoms with Crippen LogP contribution in [-0.2, 0) is 25.3 Å². The summed E-state index contributed by atoms with van der Waals surface area (Å²) >= 11 is -2.25. The van der Waals surface area contributed by atoms with Crippen molar-refractivity contribution in [3.63, 3.8) is 0 Å². The van der Waals surface area contributed by atoms with Gasteiger partial charge in [0.15, 0.2) is 5.75 Å². The minimum atomic E-state index is -2.25. The van der Waals surface area contributed by atoms with Crippen molar-refractivity contribution < 1.29 is 35.5 Å². The van der Waals surface area contributed by atoms with E-state index in [1.54, 1.807) is 0 Å². The number of hydrogen-bond donors (Lipinski definition) is 2. The second kappa shape index (κ2) is 5.80. The van der Waals surface area contributed by atoms with Gasteiger partial charge in [0.05, 0.1) is 0 Å². The van der Waals surface area contributed by atoms with E-state index >= 15 is 0 Å². The van der Waals surface area contributed by atoms with E-state index in [0.717, 1.165) is 0 Å². The number of pyridine rings is 1. The van der Waals surface area contributed by atoms with Gasteiger partial charge in [0, 0.05) is 6.20 Å². The molecule has 1 rings (SSSR count). The maximum atomic E-state index is 8.61. The molecule has 0 spiro atoms. The van der Waals surface area contributed by atoms with Gasteiger partial charge in [0.2, 0.25) is 0 Å². The van der Waals surface area contributed by atoms with Gasteiger partial charge in [-0.15, -0.1) is 0 Å². The standard InChI is InChI=1S/C5H5NO2.2O.W/c7-4-2-1-3-6-5(4)8;;;/h1-3,7H,(H,6,8);;;. The van der Waals surface area contributed by atoms with Gasteiger partial charge in [0.25, 0.3) is 5.88 Å². The van der Waals surface area contributed by atoms with Gasteiger partial charge in [-0.3, -0.25) is 0 Å². The molecule has 0 aliphatic carbocycles. The van der Waals surface area contributed by atoms with Crippen LogP contribution in [0.1, 0.15) is 0 Å². The molecule has 0 saturated heterocycles. The molecule has 5 nitrogen and oxygen atoms in total. The molecule has 0 atom stereocenters. The number of hydrogen-bond acceptors (Lipinski definition) is 5. The van der Waals surface area contributed by atoms with Crippen molar-refractivity contribution in [3.05, 3.63) is 18.3 Å². The molecule has 11 heavy (non-hydrogen) atoms. The summed E-state index contributed by atoms with van der Waals surface area (Å²) in [5.41, 5.74) is 0. The Labute approximate surface area is 70.9 Å². The molecule has 2 N–H and O–H groups in total. The van der Waals surface area contributed by atoms with E-state index in [4.69, 9.17) is 17.0 Å². The topological polar surface area (TPSA) is 87.5 Å². The summed E-state index contributed by atoms with van der Waals surface area (Å²) in [6.07, 6.45) is 1.40. The Kier molecular flexibility index (Phi) is 5.29. The number of rotatable bonds is 0. The summed E-state index contributed by atoms with van der Waals surface area (Å²) < 4.78 is 17.1. The second-order valence-corrected chi connectivity index (χ2v) is 1.90. The van der Waals surface area contributed by atoms with Crippen LogP contribution in [0.15, 0.2) is 18.3 Å². The molecule has 0 saturated carbocycles. The maximum absolute atomic E-state index is 8.61. The fourth-order valence-electron chi connectivity index (χ4n) is 0.388. The molecule has 0 aliphatic rings. The summed E-state index contributed by atoms with van der Waals surface area (Å²) in [6.45, 7) is 0. The van der Waals surface area contributed by atoms with Crippen molar-refractivity contribution in [1.82, 2.24) is 4.98 Å². The predicted molar refractivity (Wildman–Crippen MR) is 28.9 cm³/mol. The van der Waals surface area contributed by atoms with E-state index in [1.807, 2.05) is 0 Å². The van der Waals surface area contributed by atoms with Gasteiger partial charge in [-0.2, -0.15) is 0 Å². The molecule has 0 unspecified atom stereocenters. The zero-order chi connectivity index (χ0) is 8.69. The molecule has 0 bridgehead atoms. The quantitative estimate of drug-likeness (QED) is 0.713. The van der Waals surface area contributed by atoms with Crippen molar-refractivity contribution in [2.75, 3.05) is 0 Å². The van der Waals surface area contributed by atoms with Gasteiger partial charge in [-0.1, -0.05) is 0 Å². The third kappa shape index (κ3) is 4.44. The zero-order valence-electron chi connectivity index (χ0n) is 5.30. The third-order valence-corrected chi connectivity index (χ3v) is 0.766. The number of nitrogens with zero attached hydrogens (tertiary/aromatic N) is 1. The molecule has 1 aromatic rings. The van der Waals surface area contributed by atoms with Crippen molar-refractivity contribution in [1.29, 1.82) is 0 Å². The summed E-state index contributed by atoms with van der Waals surface area (Å²) in [6, 6.07) is 2.90. The van der Waals surface area contributed by atoms with E-state index in [2.05, 4.69) is 4.98 Å². The van der Waals surface area contributed by atoms with Gasteiger partial charge < -0.3 is 10.2 Å². The van der Waals surface area contributed by atoms with Crippen LogP contribution >= 0.6 is 0 Å². The van der Waals surface area contributed by atoms with Crippen LogP contribution in [0.25, 0.3) is 0 Å². The first-order valence-electron chi connectivity index (χ1n) is 2.47. The molecule has 0 fully saturated rings. The minimum absolute atomic E-state index is 0.187. The van der Waals surface area contributed by atoms with E-state index in [1.165, 1.54) is 18.3 Å². The van der Waals surface area contributed by atoms with E-state index < -0.39 is 18.5 Å². The molecule has 60 valence electrons. The van der Waals surface area contributed by atoms with Crippen LogP contribution in [-0.4, -0.2) is 15.2 Å². The molecular weight excluding hydrogens is 322 g/mol. The van der Waals surface area contributed by atoms with Crippen LogP contribution in [0, 0.1) is 0 Å². The average molecular weight is 327 g/mol. The van der Waals surface area contributed by atoms with Crippen LogP contribution in [0.3, 0.4) is 0 Å². The van der Waals surface area contributed by atoms with Gasteiger partial charge >= 0.3 is 25.3 Å². The summed E-state index contributed by atoms with van der Waals surface area (Å²) in [4.78, 5) is 3.38. The van der Waals surface area contributed by atoms with Crippen LogP contribution < -0.4 is 0 Å². The van der Waals surface area contributed by atoms with Crippen LogP contribution in [0.2, 0.25) is 0 Å². The molecular formula is C5H5NO4W. The zero-order valence-corrected chi connectivity index (χ0v) is 8.23. The second-order valence-electron chi connectivity index (χ2n) is 1.41. The monoisotopic (exact) mass is 327 g/mol. The first-order chi connectivity index (χ1) is 5.22. The fraction of sp³-hybridized carbons (Fsp3) is 0. The fourth-order valence-corrected chi connectivity index (χ4v) is 0.388. The van der Waals surface area contributed by atoms with Crippen molar-refractivity contribution >= 4 is 0 Å². The molecule has 0 aliphatic heterocycles. The molecule has 6 heteroatoms. The first kappa shape index (κ1) is 10.0. The van der Waals surface area contributed by atoms with E-state index in [0.29, 0.717) is 0 Å². The Hall–Kier alpha value is -0.962. The van der Waals surface area contributed by atoms with Crippen LogP contribution in [0.5, 0.6) is 11.6 Å². The SMILES string of the molecule is Oc1cccnc1O.[O]=[W]=[O]. The average Bonchev–Trinajstić information content (AvgIpc) is 1.97. The normalized spacial score (nSPS) is 7.64. The summed E-state index contributed by atoms with van der Waals surface area (Å²) in [5.74, 6) is -0.514. The molecule has 0 amide bonds. The van der Waals surface area contributed by atoms with Crippen molar-refractivity contribution in [2.24, 2.45) is 0 Å². The first-order valence-corrected chi connectivity index (χ1v) is 4.86. The van der Waals surface area contributed by atoms with Crippen molar-refractivity contribution in [3.8, 4) is 11.6 Å². The number of aromatic nitrogens is 1. The Bertz CT molecular complexity index is 237. The Morgan fingerprint density at radius 3 is 2.18 bits per heavy atom. The van der Waals surface area contributed by atoms with Crippen molar-refractivity contribution in [2.45, 2.75) is 0 Å². The Balaban J connectivity index is 0.000000292. The molecule has 0 radical (unpaired) electrons. The summed E-state index contributed by atoms with van der Waals surface area (Å²) in [5, 5.41) is 17.2. The summed E-state index contributed by atoms with van der Waals surface area (Å²) in [7, 11) is 0.